The molecule has 0 fully saturated rings. The van der Waals surface area contributed by atoms with E-state index in [1.54, 1.807) is 11.8 Å². The van der Waals surface area contributed by atoms with Crippen molar-refractivity contribution in [1.82, 2.24) is 10.2 Å². The molecule has 0 radical (unpaired) electrons. The smallest absolute Gasteiger partial charge is 0.323 e. The van der Waals surface area contributed by atoms with Crippen molar-refractivity contribution in [3.05, 3.63) is 0 Å². The first-order chi connectivity index (χ1) is 8.81. The van der Waals surface area contributed by atoms with Crippen molar-refractivity contribution in [2.75, 3.05) is 19.3 Å². The van der Waals surface area contributed by atoms with Gasteiger partial charge in [0.1, 0.15) is 6.54 Å². The van der Waals surface area contributed by atoms with Crippen LogP contribution in [0.4, 0.5) is 4.79 Å². The molecule has 0 saturated heterocycles. The number of carbonyl (C=O) groups is 2. The Kier molecular flexibility index (Phi) is 7.90. The molecular weight excluding hydrogens is 264 g/mol. The van der Waals surface area contributed by atoms with Gasteiger partial charge < -0.3 is 15.3 Å². The lowest BCUT2D eigenvalue weighted by molar-refractivity contribution is -0.138. The predicted octanol–water partition coefficient (Wildman–Crippen LogP) is 2.41. The summed E-state index contributed by atoms with van der Waals surface area (Å²) >= 11 is 1.74. The topological polar surface area (TPSA) is 69.6 Å². The number of thioether (sulfide) groups is 1. The van der Waals surface area contributed by atoms with E-state index >= 15 is 0 Å². The standard InChI is InChI=1S/C13H26N2O3S/c1-6-13(7-2,19-5)9-14-12(18)15(10(3)4)8-11(16)17/h10H,6-9H2,1-5H3,(H,14,18)(H,16,17). The van der Waals surface area contributed by atoms with Gasteiger partial charge in [-0.3, -0.25) is 4.79 Å². The average Bonchev–Trinajstić information content (AvgIpc) is 2.37. The Morgan fingerprint density at radius 3 is 2.16 bits per heavy atom. The second-order valence-electron chi connectivity index (χ2n) is 4.87. The number of amides is 2. The maximum absolute atomic E-state index is 12.1. The van der Waals surface area contributed by atoms with Crippen LogP contribution in [0.3, 0.4) is 0 Å². The van der Waals surface area contributed by atoms with Gasteiger partial charge in [0.2, 0.25) is 0 Å². The fourth-order valence-corrected chi connectivity index (χ4v) is 2.63. The third-order valence-electron chi connectivity index (χ3n) is 3.47. The van der Waals surface area contributed by atoms with Crippen LogP contribution in [0.25, 0.3) is 0 Å². The molecule has 0 rings (SSSR count). The fourth-order valence-electron chi connectivity index (χ4n) is 1.83. The third-order valence-corrected chi connectivity index (χ3v) is 5.06. The van der Waals surface area contributed by atoms with Crippen molar-refractivity contribution in [1.29, 1.82) is 0 Å². The summed E-state index contributed by atoms with van der Waals surface area (Å²) in [7, 11) is 0. The molecule has 0 spiro atoms. The Morgan fingerprint density at radius 1 is 1.32 bits per heavy atom. The van der Waals surface area contributed by atoms with E-state index < -0.39 is 5.97 Å². The van der Waals surface area contributed by atoms with Crippen LogP contribution in [0, 0.1) is 0 Å². The van der Waals surface area contributed by atoms with Crippen LogP contribution in [0.5, 0.6) is 0 Å². The van der Waals surface area contributed by atoms with Crippen molar-refractivity contribution in [3.63, 3.8) is 0 Å². The summed E-state index contributed by atoms with van der Waals surface area (Å²) in [6, 6.07) is -0.444. The number of nitrogens with one attached hydrogen (secondary N) is 1. The Morgan fingerprint density at radius 2 is 1.84 bits per heavy atom. The normalized spacial score (nSPS) is 11.5. The molecule has 0 bridgehead atoms. The average molecular weight is 290 g/mol. The molecule has 2 N–H and O–H groups in total. The number of carboxylic acids is 1. The second-order valence-corrected chi connectivity index (χ2v) is 6.14. The van der Waals surface area contributed by atoms with Gasteiger partial charge in [-0.15, -0.1) is 0 Å². The van der Waals surface area contributed by atoms with E-state index in [2.05, 4.69) is 19.2 Å². The summed E-state index contributed by atoms with van der Waals surface area (Å²) in [5, 5.41) is 11.7. The van der Waals surface area contributed by atoms with Crippen LogP contribution in [-0.4, -0.2) is 52.1 Å². The molecule has 19 heavy (non-hydrogen) atoms. The number of carboxylic acid groups (broad SMARTS) is 1. The van der Waals surface area contributed by atoms with Gasteiger partial charge in [0.25, 0.3) is 0 Å². The molecule has 2 amide bonds. The van der Waals surface area contributed by atoms with E-state index in [0.717, 1.165) is 12.8 Å². The van der Waals surface area contributed by atoms with Gasteiger partial charge in [0, 0.05) is 17.3 Å². The Balaban J connectivity index is 4.60. The molecule has 0 aliphatic carbocycles. The van der Waals surface area contributed by atoms with E-state index in [-0.39, 0.29) is 23.4 Å². The van der Waals surface area contributed by atoms with Crippen LogP contribution < -0.4 is 5.32 Å². The monoisotopic (exact) mass is 290 g/mol. The second kappa shape index (κ2) is 8.30. The Hall–Kier alpha value is -0.910. The lowest BCUT2D eigenvalue weighted by Crippen LogP contribution is -2.50. The summed E-state index contributed by atoms with van der Waals surface area (Å²) < 4.78 is 0.0293. The number of urea groups is 1. The molecule has 0 saturated carbocycles. The number of rotatable bonds is 8. The quantitative estimate of drug-likeness (QED) is 0.720. The highest BCUT2D eigenvalue weighted by atomic mass is 32.2. The lowest BCUT2D eigenvalue weighted by atomic mass is 10.0. The van der Waals surface area contributed by atoms with Gasteiger partial charge in [0.15, 0.2) is 0 Å². The van der Waals surface area contributed by atoms with Gasteiger partial charge >= 0.3 is 12.0 Å². The molecule has 0 atom stereocenters. The summed E-state index contributed by atoms with van der Waals surface area (Å²) in [6.07, 6.45) is 3.97. The molecule has 0 heterocycles. The molecule has 0 aromatic rings. The van der Waals surface area contributed by atoms with E-state index in [9.17, 15) is 9.59 Å². The zero-order chi connectivity index (χ0) is 15.1. The van der Waals surface area contributed by atoms with Gasteiger partial charge in [-0.2, -0.15) is 11.8 Å². The summed E-state index contributed by atoms with van der Waals surface area (Å²) in [5.74, 6) is -0.994. The Labute approximate surface area is 120 Å². The minimum atomic E-state index is -0.994. The van der Waals surface area contributed by atoms with E-state index in [1.807, 2.05) is 20.1 Å². The molecule has 0 unspecified atom stereocenters. The third kappa shape index (κ3) is 5.72. The van der Waals surface area contributed by atoms with Crippen molar-refractivity contribution in [2.24, 2.45) is 0 Å². The van der Waals surface area contributed by atoms with Crippen molar-refractivity contribution < 1.29 is 14.7 Å². The zero-order valence-electron chi connectivity index (χ0n) is 12.5. The SMILES string of the molecule is CCC(CC)(CNC(=O)N(CC(=O)O)C(C)C)SC. The van der Waals surface area contributed by atoms with Gasteiger partial charge in [0.05, 0.1) is 0 Å². The van der Waals surface area contributed by atoms with Crippen molar-refractivity contribution in [3.8, 4) is 0 Å². The first kappa shape index (κ1) is 18.1. The summed E-state index contributed by atoms with van der Waals surface area (Å²) in [4.78, 5) is 24.2. The molecule has 6 heteroatoms. The number of hydrogen-bond acceptors (Lipinski definition) is 3. The fraction of sp³-hybridized carbons (Fsp3) is 0.846. The first-order valence-corrected chi connectivity index (χ1v) is 7.85. The zero-order valence-corrected chi connectivity index (χ0v) is 13.3. The molecular formula is C13H26N2O3S. The van der Waals surface area contributed by atoms with Crippen LogP contribution in [-0.2, 0) is 4.79 Å². The number of hydrogen-bond donors (Lipinski definition) is 2. The predicted molar refractivity (Wildman–Crippen MR) is 79.7 cm³/mol. The minimum absolute atomic E-state index is 0.0293. The van der Waals surface area contributed by atoms with E-state index in [0.29, 0.717) is 6.54 Å². The molecule has 5 nitrogen and oxygen atoms in total. The highest BCUT2D eigenvalue weighted by Crippen LogP contribution is 2.29. The highest BCUT2D eigenvalue weighted by molar-refractivity contribution is 8.00. The minimum Gasteiger partial charge on any atom is -0.480 e. The van der Waals surface area contributed by atoms with Crippen LogP contribution in [0.2, 0.25) is 0 Å². The molecule has 0 aliphatic rings. The lowest BCUT2D eigenvalue weighted by Gasteiger charge is -2.32. The maximum atomic E-state index is 12.1. The largest absolute Gasteiger partial charge is 0.480 e. The van der Waals surface area contributed by atoms with Gasteiger partial charge in [-0.1, -0.05) is 13.8 Å². The molecule has 112 valence electrons. The van der Waals surface area contributed by atoms with Crippen LogP contribution in [0.1, 0.15) is 40.5 Å². The molecule has 0 aromatic carbocycles. The molecule has 0 aliphatic heterocycles. The van der Waals surface area contributed by atoms with Crippen LogP contribution in [0.15, 0.2) is 0 Å². The van der Waals surface area contributed by atoms with Crippen molar-refractivity contribution in [2.45, 2.75) is 51.3 Å². The van der Waals surface area contributed by atoms with Crippen LogP contribution >= 0.6 is 11.8 Å². The summed E-state index contributed by atoms with van der Waals surface area (Å²) in [6.45, 7) is 8.11. The number of aliphatic carboxylic acids is 1. The summed E-state index contributed by atoms with van der Waals surface area (Å²) in [5.41, 5.74) is 0. The van der Waals surface area contributed by atoms with E-state index in [1.165, 1.54) is 4.90 Å². The van der Waals surface area contributed by atoms with Gasteiger partial charge in [-0.05, 0) is 32.9 Å². The molecule has 0 aromatic heterocycles. The van der Waals surface area contributed by atoms with Crippen molar-refractivity contribution >= 4 is 23.8 Å². The number of nitrogens with zero attached hydrogens (tertiary/aromatic N) is 1. The highest BCUT2D eigenvalue weighted by Gasteiger charge is 2.27. The Bertz CT molecular complexity index is 296. The van der Waals surface area contributed by atoms with E-state index in [4.69, 9.17) is 5.11 Å². The number of carbonyl (C=O) groups excluding carboxylic acids is 1. The maximum Gasteiger partial charge on any atom is 0.323 e. The first-order valence-electron chi connectivity index (χ1n) is 6.63. The van der Waals surface area contributed by atoms with Gasteiger partial charge in [-0.25, -0.2) is 4.79 Å².